The lowest BCUT2D eigenvalue weighted by atomic mass is 9.96. The Morgan fingerprint density at radius 1 is 1.41 bits per heavy atom. The molecule has 0 saturated carbocycles. The molecule has 1 saturated heterocycles. The number of carbonyl (C=O) groups excluding carboxylic acids is 1. The van der Waals surface area contributed by atoms with Crippen LogP contribution in [0.5, 0.6) is 0 Å². The number of nitrogens with two attached hydrogens (primary N) is 1. The Balaban J connectivity index is 2.21. The van der Waals surface area contributed by atoms with E-state index in [9.17, 15) is 4.79 Å². The maximum absolute atomic E-state index is 12.1. The molecule has 0 atom stereocenters. The van der Waals surface area contributed by atoms with Crippen molar-refractivity contribution in [2.24, 2.45) is 11.7 Å². The van der Waals surface area contributed by atoms with E-state index in [0.717, 1.165) is 25.9 Å². The minimum atomic E-state index is 0.200. The van der Waals surface area contributed by atoms with Crippen molar-refractivity contribution in [1.29, 1.82) is 0 Å². The topological polar surface area (TPSA) is 58.8 Å². The highest BCUT2D eigenvalue weighted by molar-refractivity contribution is 5.78. The van der Waals surface area contributed by atoms with E-state index in [4.69, 9.17) is 10.5 Å². The van der Waals surface area contributed by atoms with Crippen molar-refractivity contribution < 1.29 is 9.53 Å². The fourth-order valence-electron chi connectivity index (χ4n) is 2.06. The van der Waals surface area contributed by atoms with Crippen LogP contribution in [0.1, 0.15) is 12.8 Å². The normalized spacial score (nSPS) is 18.3. The number of piperidine rings is 1. The third-order valence-electron chi connectivity index (χ3n) is 3.28. The minimum absolute atomic E-state index is 0.200. The number of nitrogens with zero attached hydrogens (tertiary/aromatic N) is 2. The Morgan fingerprint density at radius 3 is 2.65 bits per heavy atom. The zero-order chi connectivity index (χ0) is 12.7. The van der Waals surface area contributed by atoms with Crippen molar-refractivity contribution in [3.63, 3.8) is 0 Å². The van der Waals surface area contributed by atoms with E-state index >= 15 is 0 Å². The molecular weight excluding hydrogens is 218 g/mol. The van der Waals surface area contributed by atoms with Gasteiger partial charge in [-0.2, -0.15) is 0 Å². The second-order valence-electron chi connectivity index (χ2n) is 4.74. The molecule has 100 valence electrons. The first-order chi connectivity index (χ1) is 8.15. The number of likely N-dealkylation sites (N-methyl/N-ethyl adjacent to an activating group) is 1. The minimum Gasteiger partial charge on any atom is -0.378 e. The molecule has 1 fully saturated rings. The Bertz CT molecular complexity index is 228. The number of amides is 1. The molecule has 5 heteroatoms. The second-order valence-corrected chi connectivity index (χ2v) is 4.74. The van der Waals surface area contributed by atoms with Gasteiger partial charge in [0, 0.05) is 26.1 Å². The quantitative estimate of drug-likeness (QED) is 0.654. The summed E-state index contributed by atoms with van der Waals surface area (Å²) in [7, 11) is 3.96. The first-order valence-corrected chi connectivity index (χ1v) is 6.36. The number of rotatable bonds is 6. The second kappa shape index (κ2) is 7.63. The summed E-state index contributed by atoms with van der Waals surface area (Å²) in [6, 6.07) is 0. The zero-order valence-corrected chi connectivity index (χ0v) is 11.0. The summed E-state index contributed by atoms with van der Waals surface area (Å²) >= 11 is 0. The maximum Gasteiger partial charge on any atom is 0.225 e. The highest BCUT2D eigenvalue weighted by atomic mass is 16.5. The molecule has 1 aliphatic heterocycles. The summed E-state index contributed by atoms with van der Waals surface area (Å²) in [6.07, 6.45) is 1.95. The molecular formula is C12H25N3O2. The highest BCUT2D eigenvalue weighted by Gasteiger charge is 2.25. The third kappa shape index (κ3) is 5.02. The highest BCUT2D eigenvalue weighted by Crippen LogP contribution is 2.17. The molecule has 0 spiro atoms. The molecule has 0 radical (unpaired) electrons. The van der Waals surface area contributed by atoms with E-state index in [1.807, 2.05) is 7.05 Å². The van der Waals surface area contributed by atoms with E-state index in [1.165, 1.54) is 0 Å². The SMILES string of the molecule is CN1CCC(C(=O)N(C)CCOCCN)CC1. The van der Waals surface area contributed by atoms with Crippen molar-refractivity contribution in [3.8, 4) is 0 Å². The predicted molar refractivity (Wildman–Crippen MR) is 67.7 cm³/mol. The van der Waals surface area contributed by atoms with Gasteiger partial charge in [-0.05, 0) is 33.0 Å². The van der Waals surface area contributed by atoms with Crippen LogP contribution in [0.2, 0.25) is 0 Å². The first kappa shape index (κ1) is 14.4. The van der Waals surface area contributed by atoms with E-state index in [-0.39, 0.29) is 11.8 Å². The molecule has 0 aromatic rings. The van der Waals surface area contributed by atoms with Gasteiger partial charge in [-0.15, -0.1) is 0 Å². The molecule has 5 nitrogen and oxygen atoms in total. The van der Waals surface area contributed by atoms with Crippen LogP contribution in [0.25, 0.3) is 0 Å². The van der Waals surface area contributed by atoms with E-state index in [0.29, 0.717) is 26.3 Å². The van der Waals surface area contributed by atoms with Gasteiger partial charge in [0.1, 0.15) is 0 Å². The van der Waals surface area contributed by atoms with Gasteiger partial charge >= 0.3 is 0 Å². The van der Waals surface area contributed by atoms with Crippen LogP contribution in [-0.2, 0) is 9.53 Å². The third-order valence-corrected chi connectivity index (χ3v) is 3.28. The Kier molecular flexibility index (Phi) is 6.47. The maximum atomic E-state index is 12.1. The largest absolute Gasteiger partial charge is 0.378 e. The molecule has 0 bridgehead atoms. The molecule has 0 aliphatic carbocycles. The van der Waals surface area contributed by atoms with Gasteiger partial charge in [0.2, 0.25) is 5.91 Å². The average molecular weight is 243 g/mol. The van der Waals surface area contributed by atoms with E-state index in [2.05, 4.69) is 11.9 Å². The van der Waals surface area contributed by atoms with Crippen molar-refractivity contribution in [1.82, 2.24) is 9.80 Å². The lowest BCUT2D eigenvalue weighted by Gasteiger charge is -2.30. The van der Waals surface area contributed by atoms with Gasteiger partial charge in [0.25, 0.3) is 0 Å². The Labute approximate surface area is 104 Å². The van der Waals surface area contributed by atoms with Crippen molar-refractivity contribution in [2.75, 3.05) is 53.5 Å². The van der Waals surface area contributed by atoms with Crippen LogP contribution in [0.3, 0.4) is 0 Å². The van der Waals surface area contributed by atoms with E-state index in [1.54, 1.807) is 4.90 Å². The fourth-order valence-corrected chi connectivity index (χ4v) is 2.06. The monoisotopic (exact) mass is 243 g/mol. The van der Waals surface area contributed by atoms with Crippen LogP contribution in [0.4, 0.5) is 0 Å². The van der Waals surface area contributed by atoms with Crippen LogP contribution >= 0.6 is 0 Å². The van der Waals surface area contributed by atoms with Gasteiger partial charge < -0.3 is 20.3 Å². The number of carbonyl (C=O) groups is 1. The fraction of sp³-hybridized carbons (Fsp3) is 0.917. The molecule has 2 N–H and O–H groups in total. The summed E-state index contributed by atoms with van der Waals surface area (Å²) in [5, 5.41) is 0. The lowest BCUT2D eigenvalue weighted by molar-refractivity contribution is -0.136. The summed E-state index contributed by atoms with van der Waals surface area (Å²) in [6.45, 7) is 4.38. The number of ether oxygens (including phenoxy) is 1. The smallest absolute Gasteiger partial charge is 0.225 e. The van der Waals surface area contributed by atoms with Crippen LogP contribution in [0.15, 0.2) is 0 Å². The van der Waals surface area contributed by atoms with Gasteiger partial charge in [-0.1, -0.05) is 0 Å². The Morgan fingerprint density at radius 2 is 2.06 bits per heavy atom. The molecule has 17 heavy (non-hydrogen) atoms. The van der Waals surface area contributed by atoms with E-state index < -0.39 is 0 Å². The van der Waals surface area contributed by atoms with Crippen molar-refractivity contribution in [3.05, 3.63) is 0 Å². The number of hydrogen-bond acceptors (Lipinski definition) is 4. The number of hydrogen-bond donors (Lipinski definition) is 1. The summed E-state index contributed by atoms with van der Waals surface area (Å²) in [5.41, 5.74) is 5.32. The summed E-state index contributed by atoms with van der Waals surface area (Å²) in [5.74, 6) is 0.458. The van der Waals surface area contributed by atoms with Gasteiger partial charge in [-0.25, -0.2) is 0 Å². The predicted octanol–water partition coefficient (Wildman–Crippen LogP) is -0.238. The first-order valence-electron chi connectivity index (χ1n) is 6.36. The van der Waals surface area contributed by atoms with Crippen LogP contribution in [-0.4, -0.2) is 69.2 Å². The summed E-state index contributed by atoms with van der Waals surface area (Å²) < 4.78 is 5.28. The van der Waals surface area contributed by atoms with Gasteiger partial charge in [0.05, 0.1) is 13.2 Å². The molecule has 1 aliphatic rings. The molecule has 1 rings (SSSR count). The summed E-state index contributed by atoms with van der Waals surface area (Å²) in [4.78, 5) is 16.2. The molecule has 0 unspecified atom stereocenters. The van der Waals surface area contributed by atoms with Gasteiger partial charge in [0.15, 0.2) is 0 Å². The molecule has 0 aromatic heterocycles. The van der Waals surface area contributed by atoms with Crippen molar-refractivity contribution in [2.45, 2.75) is 12.8 Å². The standard InChI is InChI=1S/C12H25N3O2/c1-14-6-3-11(4-7-14)12(16)15(2)8-10-17-9-5-13/h11H,3-10,13H2,1-2H3. The van der Waals surface area contributed by atoms with Crippen LogP contribution < -0.4 is 5.73 Å². The average Bonchev–Trinajstić information content (AvgIpc) is 2.34. The molecule has 1 heterocycles. The Hall–Kier alpha value is -0.650. The zero-order valence-electron chi connectivity index (χ0n) is 11.0. The molecule has 0 aromatic carbocycles. The molecule has 1 amide bonds. The lowest BCUT2D eigenvalue weighted by Crippen LogP contribution is -2.41. The van der Waals surface area contributed by atoms with Crippen molar-refractivity contribution >= 4 is 5.91 Å². The number of likely N-dealkylation sites (tertiary alicyclic amines) is 1. The van der Waals surface area contributed by atoms with Crippen LogP contribution in [0, 0.1) is 5.92 Å². The van der Waals surface area contributed by atoms with Gasteiger partial charge in [-0.3, -0.25) is 4.79 Å².